The van der Waals surface area contributed by atoms with Crippen LogP contribution < -0.4 is 5.32 Å². The molecule has 0 spiro atoms. The summed E-state index contributed by atoms with van der Waals surface area (Å²) in [4.78, 5) is 15.7. The molecule has 2 heterocycles. The molecule has 0 saturated carbocycles. The van der Waals surface area contributed by atoms with Gasteiger partial charge in [-0.05, 0) is 40.8 Å². The number of sulfone groups is 1. The molecule has 1 N–H and O–H groups in total. The number of thiophene rings is 1. The molecule has 0 radical (unpaired) electrons. The lowest BCUT2D eigenvalue weighted by Crippen LogP contribution is -2.11. The van der Waals surface area contributed by atoms with Crippen molar-refractivity contribution in [3.05, 3.63) is 38.2 Å². The number of anilines is 1. The van der Waals surface area contributed by atoms with Crippen LogP contribution in [0.4, 0.5) is 5.69 Å². The molecular formula is C11H9IN2O3S2. The predicted octanol–water partition coefficient (Wildman–Crippen LogP) is 2.40. The quantitative estimate of drug-likeness (QED) is 0.792. The Bertz CT molecular complexity index is 708. The van der Waals surface area contributed by atoms with Crippen LogP contribution in [0.2, 0.25) is 0 Å². The van der Waals surface area contributed by atoms with Gasteiger partial charge in [-0.3, -0.25) is 4.79 Å². The number of pyridine rings is 1. The van der Waals surface area contributed by atoms with Gasteiger partial charge in [0.05, 0.1) is 20.3 Å². The number of nitrogens with one attached hydrogen (secondary N) is 1. The van der Waals surface area contributed by atoms with Crippen LogP contribution in [-0.4, -0.2) is 25.6 Å². The van der Waals surface area contributed by atoms with Gasteiger partial charge in [-0.2, -0.15) is 0 Å². The maximum absolute atomic E-state index is 11.9. The second-order valence-corrected chi connectivity index (χ2v) is 8.52. The summed E-state index contributed by atoms with van der Waals surface area (Å²) < 4.78 is 23.5. The summed E-state index contributed by atoms with van der Waals surface area (Å²) in [5.74, 6) is -0.243. The first-order valence-corrected chi connectivity index (χ1v) is 8.93. The third-order valence-corrected chi connectivity index (χ3v) is 4.99. The highest BCUT2D eigenvalue weighted by atomic mass is 127. The van der Waals surface area contributed by atoms with Crippen LogP contribution in [0.15, 0.2) is 34.8 Å². The highest BCUT2D eigenvalue weighted by Crippen LogP contribution is 2.18. The van der Waals surface area contributed by atoms with Crippen molar-refractivity contribution < 1.29 is 13.2 Å². The molecule has 0 aliphatic heterocycles. The normalized spacial score (nSPS) is 11.3. The molecule has 0 aliphatic carbocycles. The van der Waals surface area contributed by atoms with Crippen LogP contribution in [-0.2, 0) is 9.84 Å². The molecule has 2 aromatic rings. The van der Waals surface area contributed by atoms with Gasteiger partial charge in [0, 0.05) is 11.6 Å². The van der Waals surface area contributed by atoms with E-state index in [9.17, 15) is 13.2 Å². The molecule has 1 amide bonds. The number of amides is 1. The van der Waals surface area contributed by atoms with E-state index in [1.54, 1.807) is 11.4 Å². The van der Waals surface area contributed by atoms with E-state index >= 15 is 0 Å². The SMILES string of the molecule is CS(=O)(=O)c1ccc(NC(=O)c2csc(I)c2)cn1. The molecule has 0 unspecified atom stereocenters. The van der Waals surface area contributed by atoms with E-state index in [1.807, 2.05) is 0 Å². The van der Waals surface area contributed by atoms with Gasteiger partial charge in [0.1, 0.15) is 0 Å². The largest absolute Gasteiger partial charge is 0.321 e. The molecule has 100 valence electrons. The van der Waals surface area contributed by atoms with Gasteiger partial charge in [0.15, 0.2) is 14.9 Å². The van der Waals surface area contributed by atoms with E-state index in [0.29, 0.717) is 11.3 Å². The third-order valence-electron chi connectivity index (χ3n) is 2.20. The molecule has 8 heteroatoms. The number of carbonyl (C=O) groups excluding carboxylic acids is 1. The van der Waals surface area contributed by atoms with E-state index in [-0.39, 0.29) is 10.9 Å². The smallest absolute Gasteiger partial charge is 0.256 e. The lowest BCUT2D eigenvalue weighted by atomic mass is 10.3. The second-order valence-electron chi connectivity index (χ2n) is 3.75. The fraction of sp³-hybridized carbons (Fsp3) is 0.0909. The predicted molar refractivity (Wildman–Crippen MR) is 82.3 cm³/mol. The van der Waals surface area contributed by atoms with E-state index in [2.05, 4.69) is 32.9 Å². The average molecular weight is 408 g/mol. The van der Waals surface area contributed by atoms with Gasteiger partial charge < -0.3 is 5.32 Å². The Morgan fingerprint density at radius 2 is 2.16 bits per heavy atom. The molecule has 2 rings (SSSR count). The molecule has 0 fully saturated rings. The Labute approximate surface area is 128 Å². The van der Waals surface area contributed by atoms with E-state index < -0.39 is 9.84 Å². The number of hydrogen-bond acceptors (Lipinski definition) is 5. The summed E-state index contributed by atoms with van der Waals surface area (Å²) in [6.45, 7) is 0. The van der Waals surface area contributed by atoms with Gasteiger partial charge in [-0.15, -0.1) is 11.3 Å². The number of aromatic nitrogens is 1. The number of hydrogen-bond donors (Lipinski definition) is 1. The maximum Gasteiger partial charge on any atom is 0.256 e. The zero-order valence-corrected chi connectivity index (χ0v) is 13.5. The Morgan fingerprint density at radius 3 is 2.63 bits per heavy atom. The summed E-state index contributed by atoms with van der Waals surface area (Å²) in [7, 11) is -3.32. The van der Waals surface area contributed by atoms with Crippen molar-refractivity contribution in [2.24, 2.45) is 0 Å². The van der Waals surface area contributed by atoms with Crippen LogP contribution in [0.5, 0.6) is 0 Å². The highest BCUT2D eigenvalue weighted by molar-refractivity contribution is 14.1. The Hall–Kier alpha value is -1.00. The van der Waals surface area contributed by atoms with Crippen LogP contribution >= 0.6 is 33.9 Å². The van der Waals surface area contributed by atoms with Gasteiger partial charge >= 0.3 is 0 Å². The molecule has 2 aromatic heterocycles. The summed E-state index contributed by atoms with van der Waals surface area (Å²) in [5, 5.41) is 4.40. The number of halogens is 1. The third kappa shape index (κ3) is 3.74. The minimum absolute atomic E-state index is 0.0180. The Morgan fingerprint density at radius 1 is 1.42 bits per heavy atom. The minimum Gasteiger partial charge on any atom is -0.321 e. The van der Waals surface area contributed by atoms with E-state index in [4.69, 9.17) is 0 Å². The molecule has 5 nitrogen and oxygen atoms in total. The van der Waals surface area contributed by atoms with Crippen molar-refractivity contribution in [1.29, 1.82) is 0 Å². The topological polar surface area (TPSA) is 76.1 Å². The minimum atomic E-state index is -3.32. The lowest BCUT2D eigenvalue weighted by molar-refractivity contribution is 0.102. The number of rotatable bonds is 3. The van der Waals surface area contributed by atoms with Crippen molar-refractivity contribution in [2.45, 2.75) is 5.03 Å². The Balaban J connectivity index is 2.14. The van der Waals surface area contributed by atoms with Crippen molar-refractivity contribution in [1.82, 2.24) is 4.98 Å². The van der Waals surface area contributed by atoms with E-state index in [1.165, 1.54) is 29.7 Å². The Kier molecular flexibility index (Phi) is 4.21. The first-order chi connectivity index (χ1) is 8.86. The van der Waals surface area contributed by atoms with Gasteiger partial charge in [0.2, 0.25) is 0 Å². The molecule has 0 atom stereocenters. The molecule has 0 aliphatic rings. The fourth-order valence-electron chi connectivity index (χ4n) is 1.31. The highest BCUT2D eigenvalue weighted by Gasteiger charge is 2.11. The lowest BCUT2D eigenvalue weighted by Gasteiger charge is -2.04. The molecular weight excluding hydrogens is 399 g/mol. The summed E-state index contributed by atoms with van der Waals surface area (Å²) in [6, 6.07) is 4.65. The van der Waals surface area contributed by atoms with Crippen LogP contribution in [0.3, 0.4) is 0 Å². The van der Waals surface area contributed by atoms with Gasteiger partial charge in [-0.1, -0.05) is 0 Å². The molecule has 0 saturated heterocycles. The van der Waals surface area contributed by atoms with Crippen molar-refractivity contribution in [3.8, 4) is 0 Å². The van der Waals surface area contributed by atoms with Crippen LogP contribution in [0.1, 0.15) is 10.4 Å². The van der Waals surface area contributed by atoms with Crippen molar-refractivity contribution >= 4 is 55.4 Å². The summed E-state index contributed by atoms with van der Waals surface area (Å²) in [5.41, 5.74) is 1.03. The zero-order chi connectivity index (χ0) is 14.0. The van der Waals surface area contributed by atoms with Crippen molar-refractivity contribution in [2.75, 3.05) is 11.6 Å². The van der Waals surface area contributed by atoms with E-state index in [0.717, 1.165) is 9.14 Å². The average Bonchev–Trinajstić information content (AvgIpc) is 2.75. The summed E-state index contributed by atoms with van der Waals surface area (Å²) in [6.07, 6.45) is 2.41. The molecule has 19 heavy (non-hydrogen) atoms. The monoisotopic (exact) mass is 408 g/mol. The summed E-state index contributed by atoms with van der Waals surface area (Å²) >= 11 is 3.62. The standard InChI is InChI=1S/C11H9IN2O3S2/c1-19(16,17)10-3-2-8(5-13-10)14-11(15)7-4-9(12)18-6-7/h2-6H,1H3,(H,14,15). The molecule has 0 aromatic carbocycles. The molecule has 0 bridgehead atoms. The van der Waals surface area contributed by atoms with Crippen LogP contribution in [0, 0.1) is 2.88 Å². The maximum atomic E-state index is 11.9. The van der Waals surface area contributed by atoms with Crippen molar-refractivity contribution in [3.63, 3.8) is 0 Å². The first-order valence-electron chi connectivity index (χ1n) is 5.08. The second kappa shape index (κ2) is 5.55. The number of carbonyl (C=O) groups is 1. The number of nitrogens with zero attached hydrogens (tertiary/aromatic N) is 1. The van der Waals surface area contributed by atoms with Gasteiger partial charge in [0.25, 0.3) is 5.91 Å². The fourth-order valence-corrected chi connectivity index (χ4v) is 3.19. The zero-order valence-electron chi connectivity index (χ0n) is 9.75. The van der Waals surface area contributed by atoms with Gasteiger partial charge in [-0.25, -0.2) is 13.4 Å². The first kappa shape index (κ1) is 14.4. The van der Waals surface area contributed by atoms with Crippen LogP contribution in [0.25, 0.3) is 0 Å².